The number of aromatic nitrogens is 1. The van der Waals surface area contributed by atoms with Gasteiger partial charge >= 0.3 is 6.03 Å². The fraction of sp³-hybridized carbons (Fsp3) is 0.500. The monoisotopic (exact) mass is 364 g/mol. The number of carbonyl (C=O) groups excluding carboxylic acids is 2. The summed E-state index contributed by atoms with van der Waals surface area (Å²) in [7, 11) is 0. The van der Waals surface area contributed by atoms with E-state index in [9.17, 15) is 9.59 Å². The summed E-state index contributed by atoms with van der Waals surface area (Å²) in [6.07, 6.45) is 11.1. The first-order valence-electron chi connectivity index (χ1n) is 10.1. The van der Waals surface area contributed by atoms with Gasteiger partial charge < -0.3 is 5.32 Å². The lowest BCUT2D eigenvalue weighted by Crippen LogP contribution is -2.62. The zero-order chi connectivity index (χ0) is 18.4. The number of pyridine rings is 1. The molecule has 4 aliphatic rings. The van der Waals surface area contributed by atoms with Gasteiger partial charge in [0.25, 0.3) is 5.91 Å². The molecule has 6 rings (SSSR count). The van der Waals surface area contributed by atoms with E-state index in [0.717, 1.165) is 47.8 Å². The second kappa shape index (κ2) is 6.32. The van der Waals surface area contributed by atoms with E-state index in [1.807, 2.05) is 47.3 Å². The number of nitrogens with one attached hydrogen (secondary N) is 2. The highest BCUT2D eigenvalue weighted by atomic mass is 16.2. The summed E-state index contributed by atoms with van der Waals surface area (Å²) in [4.78, 5) is 24.8. The third-order valence-corrected chi connectivity index (χ3v) is 6.74. The molecule has 0 radical (unpaired) electrons. The number of carbonyl (C=O) groups is 2. The molecule has 0 atom stereocenters. The number of rotatable bonds is 3. The Morgan fingerprint density at radius 2 is 1.59 bits per heavy atom. The number of fused-ring (bicyclic) bond motifs is 1. The molecule has 4 fully saturated rings. The number of nitrogens with zero attached hydrogens (tertiary/aromatic N) is 1. The van der Waals surface area contributed by atoms with Crippen LogP contribution in [0.15, 0.2) is 42.7 Å². The molecule has 3 amide bonds. The number of hydrogen-bond donors (Lipinski definition) is 2. The van der Waals surface area contributed by atoms with Crippen LogP contribution < -0.4 is 15.2 Å². The summed E-state index contributed by atoms with van der Waals surface area (Å²) in [6, 6.07) is 9.68. The second-order valence-electron chi connectivity index (χ2n) is 8.95. The lowest BCUT2D eigenvalue weighted by Gasteiger charge is -2.56. The molecule has 4 bridgehead atoms. The van der Waals surface area contributed by atoms with E-state index in [1.54, 1.807) is 0 Å². The van der Waals surface area contributed by atoms with Gasteiger partial charge in [-0.15, -0.1) is 0 Å². The standard InChI is InChI=1S/C22H25N3O2/c26-20(14-25-6-5-18-3-1-2-4-19(18)13-25)23-21(27)24-22-10-15-7-16(11-22)9-17(8-15)12-22/h1-6,13,15-17H,7-12,14H2,(H-,23,24,26,27)/p+1. The normalized spacial score (nSPS) is 31.0. The summed E-state index contributed by atoms with van der Waals surface area (Å²) < 4.78 is 1.82. The molecule has 1 aromatic heterocycles. The van der Waals surface area contributed by atoms with Crippen molar-refractivity contribution in [2.75, 3.05) is 0 Å². The zero-order valence-electron chi connectivity index (χ0n) is 15.5. The van der Waals surface area contributed by atoms with Gasteiger partial charge in [0.2, 0.25) is 6.54 Å². The molecule has 0 spiro atoms. The quantitative estimate of drug-likeness (QED) is 0.823. The smallest absolute Gasteiger partial charge is 0.322 e. The minimum atomic E-state index is -0.330. The Morgan fingerprint density at radius 1 is 0.963 bits per heavy atom. The lowest BCUT2D eigenvalue weighted by molar-refractivity contribution is -0.683. The predicted octanol–water partition coefficient (Wildman–Crippen LogP) is 2.92. The van der Waals surface area contributed by atoms with Gasteiger partial charge in [0.15, 0.2) is 12.4 Å². The molecule has 1 heterocycles. The minimum Gasteiger partial charge on any atom is -0.332 e. The van der Waals surface area contributed by atoms with E-state index in [4.69, 9.17) is 0 Å². The highest BCUT2D eigenvalue weighted by molar-refractivity contribution is 5.94. The first-order chi connectivity index (χ1) is 13.1. The summed E-state index contributed by atoms with van der Waals surface area (Å²) in [5, 5.41) is 7.94. The lowest BCUT2D eigenvalue weighted by atomic mass is 9.53. The molecule has 0 unspecified atom stereocenters. The molecular formula is C22H26N3O2+. The van der Waals surface area contributed by atoms with Crippen molar-refractivity contribution in [1.29, 1.82) is 0 Å². The van der Waals surface area contributed by atoms with E-state index >= 15 is 0 Å². The van der Waals surface area contributed by atoms with Crippen molar-refractivity contribution in [2.45, 2.75) is 50.6 Å². The Labute approximate surface area is 159 Å². The maximum atomic E-state index is 12.5. The Hall–Kier alpha value is -2.43. The van der Waals surface area contributed by atoms with Crippen LogP contribution >= 0.6 is 0 Å². The highest BCUT2D eigenvalue weighted by Crippen LogP contribution is 2.55. The molecule has 0 saturated heterocycles. The van der Waals surface area contributed by atoms with Crippen molar-refractivity contribution in [1.82, 2.24) is 10.6 Å². The highest BCUT2D eigenvalue weighted by Gasteiger charge is 2.51. The van der Waals surface area contributed by atoms with Crippen LogP contribution in [0.5, 0.6) is 0 Å². The van der Waals surface area contributed by atoms with Crippen molar-refractivity contribution in [2.24, 2.45) is 17.8 Å². The maximum Gasteiger partial charge on any atom is 0.322 e. The minimum absolute atomic E-state index is 0.0742. The van der Waals surface area contributed by atoms with Gasteiger partial charge in [-0.2, -0.15) is 4.57 Å². The molecule has 5 heteroatoms. The van der Waals surface area contributed by atoms with Crippen LogP contribution in [0.4, 0.5) is 4.79 Å². The van der Waals surface area contributed by atoms with E-state index in [2.05, 4.69) is 10.6 Å². The van der Waals surface area contributed by atoms with Crippen LogP contribution in [-0.4, -0.2) is 17.5 Å². The Bertz CT molecular complexity index is 872. The van der Waals surface area contributed by atoms with E-state index in [0.29, 0.717) is 0 Å². The van der Waals surface area contributed by atoms with Gasteiger partial charge in [0.05, 0.1) is 0 Å². The average molecular weight is 364 g/mol. The van der Waals surface area contributed by atoms with Crippen LogP contribution in [-0.2, 0) is 11.3 Å². The number of amides is 3. The van der Waals surface area contributed by atoms with Gasteiger partial charge in [-0.05, 0) is 67.7 Å². The molecular weight excluding hydrogens is 338 g/mol. The molecule has 5 nitrogen and oxygen atoms in total. The second-order valence-corrected chi connectivity index (χ2v) is 8.95. The van der Waals surface area contributed by atoms with Crippen LogP contribution in [0.3, 0.4) is 0 Å². The van der Waals surface area contributed by atoms with Crippen molar-refractivity contribution >= 4 is 22.7 Å². The number of hydrogen-bond acceptors (Lipinski definition) is 2. The van der Waals surface area contributed by atoms with Crippen LogP contribution in [0, 0.1) is 17.8 Å². The SMILES string of the molecule is O=C(C[n+]1ccc2ccccc2c1)NC(=O)NC12CC3CC(CC(C3)C1)C2. The number of benzene rings is 1. The van der Waals surface area contributed by atoms with E-state index in [1.165, 1.54) is 19.3 Å². The average Bonchev–Trinajstić information content (AvgIpc) is 2.59. The largest absolute Gasteiger partial charge is 0.332 e. The first kappa shape index (κ1) is 16.7. The van der Waals surface area contributed by atoms with Gasteiger partial charge in [-0.1, -0.05) is 18.2 Å². The van der Waals surface area contributed by atoms with Crippen molar-refractivity contribution < 1.29 is 14.2 Å². The molecule has 4 saturated carbocycles. The van der Waals surface area contributed by atoms with Crippen LogP contribution in [0.25, 0.3) is 10.8 Å². The van der Waals surface area contributed by atoms with Crippen molar-refractivity contribution in [3.63, 3.8) is 0 Å². The molecule has 0 aliphatic heterocycles. The molecule has 27 heavy (non-hydrogen) atoms. The van der Waals surface area contributed by atoms with E-state index < -0.39 is 0 Å². The molecule has 140 valence electrons. The fourth-order valence-corrected chi connectivity index (χ4v) is 6.14. The van der Waals surface area contributed by atoms with Gasteiger partial charge in [-0.3, -0.25) is 10.1 Å². The maximum absolute atomic E-state index is 12.5. The van der Waals surface area contributed by atoms with Gasteiger partial charge in [0.1, 0.15) is 0 Å². The summed E-state index contributed by atoms with van der Waals surface area (Å²) in [5.74, 6) is 2.01. The number of imide groups is 1. The van der Waals surface area contributed by atoms with Gasteiger partial charge in [0, 0.05) is 17.0 Å². The fourth-order valence-electron chi connectivity index (χ4n) is 6.14. The Kier molecular flexibility index (Phi) is 3.92. The molecule has 2 N–H and O–H groups in total. The summed E-state index contributed by atoms with van der Waals surface area (Å²) in [6.45, 7) is 0.138. The molecule has 4 aliphatic carbocycles. The first-order valence-corrected chi connectivity index (χ1v) is 10.1. The summed E-state index contributed by atoms with van der Waals surface area (Å²) in [5.41, 5.74) is -0.0742. The topological polar surface area (TPSA) is 62.1 Å². The predicted molar refractivity (Wildman–Crippen MR) is 102 cm³/mol. The third-order valence-electron chi connectivity index (χ3n) is 6.74. The molecule has 2 aromatic rings. The van der Waals surface area contributed by atoms with Crippen molar-refractivity contribution in [3.8, 4) is 0 Å². The molecule has 1 aromatic carbocycles. The van der Waals surface area contributed by atoms with Crippen LogP contribution in [0.1, 0.15) is 38.5 Å². The van der Waals surface area contributed by atoms with E-state index in [-0.39, 0.29) is 24.0 Å². The number of urea groups is 1. The third kappa shape index (κ3) is 3.31. The van der Waals surface area contributed by atoms with Gasteiger partial charge in [-0.25, -0.2) is 4.79 Å². The Morgan fingerprint density at radius 3 is 2.26 bits per heavy atom. The Balaban J connectivity index is 1.21. The summed E-state index contributed by atoms with van der Waals surface area (Å²) >= 11 is 0. The van der Waals surface area contributed by atoms with Crippen LogP contribution in [0.2, 0.25) is 0 Å². The zero-order valence-corrected chi connectivity index (χ0v) is 15.5. The van der Waals surface area contributed by atoms with Crippen molar-refractivity contribution in [3.05, 3.63) is 42.7 Å².